The van der Waals surface area contributed by atoms with Gasteiger partial charge >= 0.3 is 11.9 Å². The van der Waals surface area contributed by atoms with E-state index in [1.54, 1.807) is 36.4 Å². The number of amides is 3. The molecule has 1 unspecified atom stereocenters. The lowest BCUT2D eigenvalue weighted by Gasteiger charge is -2.56. The van der Waals surface area contributed by atoms with Gasteiger partial charge in [-0.2, -0.15) is 0 Å². The number of hydrogen-bond acceptors (Lipinski definition) is 5. The third-order valence-corrected chi connectivity index (χ3v) is 12.1. The van der Waals surface area contributed by atoms with E-state index in [-0.39, 0.29) is 45.8 Å². The van der Waals surface area contributed by atoms with Crippen LogP contribution in [-0.2, 0) is 4.79 Å². The molecule has 10 nitrogen and oxygen atoms in total. The fraction of sp³-hybridized carbons (Fsp3) is 0.283. The lowest BCUT2D eigenvalue weighted by Crippen LogP contribution is -2.51. The molecule has 284 valence electrons. The number of rotatable bonds is 12. The van der Waals surface area contributed by atoms with Crippen LogP contribution >= 0.6 is 0 Å². The number of aromatic carboxylic acids is 2. The van der Waals surface area contributed by atoms with Crippen molar-refractivity contribution >= 4 is 46.1 Å². The van der Waals surface area contributed by atoms with Crippen LogP contribution in [0.5, 0.6) is 0 Å². The molecule has 5 aromatic rings. The summed E-state index contributed by atoms with van der Waals surface area (Å²) in [6.07, 6.45) is 7.24. The molecular formula is C46H43N3O7. The Balaban J connectivity index is 1.13. The van der Waals surface area contributed by atoms with Gasteiger partial charge < -0.3 is 26.2 Å². The van der Waals surface area contributed by atoms with Crippen LogP contribution in [0, 0.1) is 23.2 Å². The van der Waals surface area contributed by atoms with Gasteiger partial charge in [-0.25, -0.2) is 9.59 Å². The second kappa shape index (κ2) is 15.1. The van der Waals surface area contributed by atoms with Gasteiger partial charge in [-0.05, 0) is 108 Å². The quantitative estimate of drug-likeness (QED) is 0.0864. The molecule has 4 saturated carbocycles. The van der Waals surface area contributed by atoms with Crippen molar-refractivity contribution in [2.75, 3.05) is 18.4 Å². The number of carbonyl (C=O) groups excluding carboxylic acids is 3. The van der Waals surface area contributed by atoms with E-state index in [4.69, 9.17) is 0 Å². The fourth-order valence-electron chi connectivity index (χ4n) is 10.0. The molecule has 10 heteroatoms. The summed E-state index contributed by atoms with van der Waals surface area (Å²) in [5.41, 5.74) is 1.92. The zero-order chi connectivity index (χ0) is 39.0. The summed E-state index contributed by atoms with van der Waals surface area (Å²) in [7, 11) is 0. The first-order valence-electron chi connectivity index (χ1n) is 19.2. The Hall–Kier alpha value is -6.29. The minimum atomic E-state index is -1.35. The number of carbonyl (C=O) groups is 5. The molecule has 4 aliphatic rings. The number of carboxylic acids is 2. The molecule has 4 aliphatic carbocycles. The summed E-state index contributed by atoms with van der Waals surface area (Å²) >= 11 is 0. The van der Waals surface area contributed by atoms with E-state index < -0.39 is 29.7 Å². The van der Waals surface area contributed by atoms with Crippen LogP contribution in [-0.4, -0.2) is 53.0 Å². The van der Waals surface area contributed by atoms with E-state index in [1.807, 2.05) is 54.6 Å². The van der Waals surface area contributed by atoms with Crippen LogP contribution in [0.15, 0.2) is 109 Å². The molecule has 0 heterocycles. The normalized spacial score (nSPS) is 21.2. The maximum atomic E-state index is 14.7. The van der Waals surface area contributed by atoms with Crippen molar-refractivity contribution in [2.45, 2.75) is 44.4 Å². The van der Waals surface area contributed by atoms with Crippen molar-refractivity contribution in [3.63, 3.8) is 0 Å². The van der Waals surface area contributed by atoms with E-state index in [0.29, 0.717) is 17.7 Å². The van der Waals surface area contributed by atoms with Gasteiger partial charge in [-0.1, -0.05) is 84.9 Å². The molecule has 5 N–H and O–H groups in total. The maximum absolute atomic E-state index is 14.7. The summed E-state index contributed by atoms with van der Waals surface area (Å²) in [6.45, 7) is 0.376. The largest absolute Gasteiger partial charge is 0.478 e. The molecule has 0 radical (unpaired) electrons. The molecule has 4 fully saturated rings. The van der Waals surface area contributed by atoms with Crippen LogP contribution in [0.2, 0.25) is 0 Å². The fourth-order valence-corrected chi connectivity index (χ4v) is 10.0. The smallest absolute Gasteiger partial charge is 0.335 e. The summed E-state index contributed by atoms with van der Waals surface area (Å²) in [5.74, 6) is -2.96. The minimum absolute atomic E-state index is 0.0143. The Kier molecular flexibility index (Phi) is 9.88. The van der Waals surface area contributed by atoms with Crippen LogP contribution < -0.4 is 16.0 Å². The Labute approximate surface area is 324 Å². The van der Waals surface area contributed by atoms with Gasteiger partial charge in [0.05, 0.1) is 28.2 Å². The van der Waals surface area contributed by atoms with Crippen molar-refractivity contribution in [3.05, 3.63) is 137 Å². The Morgan fingerprint density at radius 2 is 1.23 bits per heavy atom. The van der Waals surface area contributed by atoms with Crippen LogP contribution in [0.4, 0.5) is 5.69 Å². The second-order valence-corrected chi connectivity index (χ2v) is 15.9. The summed E-state index contributed by atoms with van der Waals surface area (Å²) < 4.78 is 0. The molecule has 0 aromatic heterocycles. The summed E-state index contributed by atoms with van der Waals surface area (Å²) in [5, 5.41) is 29.7. The molecule has 0 aliphatic heterocycles. The van der Waals surface area contributed by atoms with Gasteiger partial charge in [-0.3, -0.25) is 14.4 Å². The van der Waals surface area contributed by atoms with Crippen molar-refractivity contribution in [1.82, 2.24) is 10.6 Å². The highest BCUT2D eigenvalue weighted by Crippen LogP contribution is 2.59. The standard InChI is InChI=1S/C46H43N3O7/c50-41(47-25-38(30-9-3-1-4-10-30)42(51)49-35-19-33(44(53)54)18-34(20-35)45(55)56)37-21-32-13-7-8-14-36(32)39(31-11-5-2-6-12-31)40(37)43(52)48-26-46-22-27-15-28(23-46)17-29(16-27)24-46/h1-14,18-21,27-29,38H,15-17,22-26H2,(H,47,50)(H,48,52)(H,49,51)(H,53,54)(H,55,56). The van der Waals surface area contributed by atoms with Gasteiger partial charge in [0.15, 0.2) is 0 Å². The first-order chi connectivity index (χ1) is 27.1. The minimum Gasteiger partial charge on any atom is -0.478 e. The van der Waals surface area contributed by atoms with Crippen LogP contribution in [0.3, 0.4) is 0 Å². The Morgan fingerprint density at radius 3 is 1.84 bits per heavy atom. The zero-order valence-corrected chi connectivity index (χ0v) is 30.8. The predicted octanol–water partition coefficient (Wildman–Crippen LogP) is 8.00. The van der Waals surface area contributed by atoms with Gasteiger partial charge in [0, 0.05) is 24.3 Å². The molecule has 0 saturated heterocycles. The molecular weight excluding hydrogens is 707 g/mol. The molecule has 9 rings (SSSR count). The van der Waals surface area contributed by atoms with Gasteiger partial charge in [-0.15, -0.1) is 0 Å². The maximum Gasteiger partial charge on any atom is 0.335 e. The van der Waals surface area contributed by atoms with Crippen LogP contribution in [0.25, 0.3) is 21.9 Å². The number of benzene rings is 5. The monoisotopic (exact) mass is 749 g/mol. The third kappa shape index (κ3) is 7.39. The number of fused-ring (bicyclic) bond motifs is 1. The highest BCUT2D eigenvalue weighted by atomic mass is 16.4. The van der Waals surface area contributed by atoms with E-state index in [1.165, 1.54) is 31.4 Å². The summed E-state index contributed by atoms with van der Waals surface area (Å²) in [6, 6.07) is 31.1. The van der Waals surface area contributed by atoms with Crippen LogP contribution in [0.1, 0.15) is 91.4 Å². The molecule has 5 aromatic carbocycles. The molecule has 3 amide bonds. The van der Waals surface area contributed by atoms with Gasteiger partial charge in [0.1, 0.15) is 0 Å². The molecule has 56 heavy (non-hydrogen) atoms. The third-order valence-electron chi connectivity index (χ3n) is 12.1. The predicted molar refractivity (Wildman–Crippen MR) is 213 cm³/mol. The Bertz CT molecular complexity index is 2290. The number of anilines is 1. The molecule has 1 atom stereocenters. The first-order valence-corrected chi connectivity index (χ1v) is 19.2. The van der Waals surface area contributed by atoms with Crippen molar-refractivity contribution in [3.8, 4) is 11.1 Å². The van der Waals surface area contributed by atoms with Crippen molar-refractivity contribution in [1.29, 1.82) is 0 Å². The van der Waals surface area contributed by atoms with Gasteiger partial charge in [0.25, 0.3) is 11.8 Å². The second-order valence-electron chi connectivity index (χ2n) is 15.9. The SMILES string of the molecule is O=C(O)c1cc(NC(=O)C(CNC(=O)c2cc3ccccc3c(-c3ccccc3)c2C(=O)NCC23CC4CC(CC(C4)C2)C3)c2ccccc2)cc(C(=O)O)c1. The number of hydrogen-bond donors (Lipinski definition) is 5. The Morgan fingerprint density at radius 1 is 0.661 bits per heavy atom. The van der Waals surface area contributed by atoms with Gasteiger partial charge in [0.2, 0.25) is 5.91 Å². The number of carboxylic acid groups (broad SMARTS) is 2. The average Bonchev–Trinajstić information content (AvgIpc) is 3.19. The molecule has 0 spiro atoms. The van der Waals surface area contributed by atoms with E-state index >= 15 is 0 Å². The zero-order valence-electron chi connectivity index (χ0n) is 30.8. The number of nitrogens with one attached hydrogen (secondary N) is 3. The highest BCUT2D eigenvalue weighted by Gasteiger charge is 2.51. The lowest BCUT2D eigenvalue weighted by atomic mass is 9.49. The van der Waals surface area contributed by atoms with E-state index in [2.05, 4.69) is 16.0 Å². The van der Waals surface area contributed by atoms with E-state index in [9.17, 15) is 34.2 Å². The average molecular weight is 750 g/mol. The van der Waals surface area contributed by atoms with E-state index in [0.717, 1.165) is 59.4 Å². The van der Waals surface area contributed by atoms with Crippen molar-refractivity contribution in [2.24, 2.45) is 23.2 Å². The molecule has 4 bridgehead atoms. The first kappa shape index (κ1) is 36.7. The topological polar surface area (TPSA) is 162 Å². The highest BCUT2D eigenvalue weighted by molar-refractivity contribution is 6.18. The van der Waals surface area contributed by atoms with Crippen molar-refractivity contribution < 1.29 is 34.2 Å². The lowest BCUT2D eigenvalue weighted by molar-refractivity contribution is -0.117. The summed E-state index contributed by atoms with van der Waals surface area (Å²) in [4.78, 5) is 66.7.